The lowest BCUT2D eigenvalue weighted by Crippen LogP contribution is -2.54. The topological polar surface area (TPSA) is 62.2 Å². The second-order valence-corrected chi connectivity index (χ2v) is 8.06. The number of carbonyl (C=O) groups is 1. The van der Waals surface area contributed by atoms with Crippen LogP contribution in [0.5, 0.6) is 0 Å². The van der Waals surface area contributed by atoms with Crippen LogP contribution < -0.4 is 4.90 Å². The van der Waals surface area contributed by atoms with E-state index in [1.165, 1.54) is 0 Å². The van der Waals surface area contributed by atoms with Gasteiger partial charge in [0.15, 0.2) is 5.82 Å². The maximum absolute atomic E-state index is 12.6. The zero-order valence-corrected chi connectivity index (χ0v) is 16.1. The van der Waals surface area contributed by atoms with Crippen molar-refractivity contribution < 1.29 is 4.79 Å². The Morgan fingerprint density at radius 3 is 2.72 bits per heavy atom. The van der Waals surface area contributed by atoms with Gasteiger partial charge in [-0.25, -0.2) is 4.98 Å². The summed E-state index contributed by atoms with van der Waals surface area (Å²) in [5, 5.41) is 9.51. The maximum Gasteiger partial charge on any atom is 0.228 e. The van der Waals surface area contributed by atoms with Crippen LogP contribution in [0.2, 0.25) is 0 Å². The third kappa shape index (κ3) is 4.15. The molecule has 1 amide bonds. The number of thiazole rings is 1. The monoisotopic (exact) mass is 359 g/mol. The summed E-state index contributed by atoms with van der Waals surface area (Å²) in [7, 11) is 0. The number of carbonyl (C=O) groups excluding carboxylic acids is 1. The number of hydrogen-bond acceptors (Lipinski definition) is 6. The van der Waals surface area contributed by atoms with Crippen LogP contribution in [0.3, 0.4) is 0 Å². The van der Waals surface area contributed by atoms with Gasteiger partial charge in [0.2, 0.25) is 5.91 Å². The Balaban J connectivity index is 1.59. The number of anilines is 1. The van der Waals surface area contributed by atoms with Crippen LogP contribution in [-0.2, 0) is 11.2 Å². The molecule has 25 heavy (non-hydrogen) atoms. The summed E-state index contributed by atoms with van der Waals surface area (Å²) in [6.07, 6.45) is 2.29. The van der Waals surface area contributed by atoms with E-state index in [0.717, 1.165) is 27.9 Å². The molecule has 3 heterocycles. The molecule has 0 N–H and O–H groups in total. The highest BCUT2D eigenvalue weighted by Crippen LogP contribution is 2.23. The molecule has 0 unspecified atom stereocenters. The van der Waals surface area contributed by atoms with E-state index in [2.05, 4.69) is 40.9 Å². The molecule has 1 fully saturated rings. The molecule has 1 aliphatic heterocycles. The first kappa shape index (κ1) is 17.8. The van der Waals surface area contributed by atoms with E-state index >= 15 is 0 Å². The van der Waals surface area contributed by atoms with Crippen molar-refractivity contribution in [3.8, 4) is 0 Å². The molecule has 1 aliphatic rings. The molecular weight excluding hydrogens is 334 g/mol. The van der Waals surface area contributed by atoms with Crippen LogP contribution in [0, 0.1) is 6.92 Å². The van der Waals surface area contributed by atoms with Crippen LogP contribution in [0.1, 0.15) is 42.3 Å². The second kappa shape index (κ2) is 7.47. The Kier molecular flexibility index (Phi) is 5.32. The van der Waals surface area contributed by atoms with Crippen LogP contribution in [0.4, 0.5) is 5.82 Å². The van der Waals surface area contributed by atoms with Crippen LogP contribution in [0.15, 0.2) is 18.3 Å². The van der Waals surface area contributed by atoms with E-state index in [1.807, 2.05) is 30.2 Å². The number of nitrogens with zero attached hydrogens (tertiary/aromatic N) is 5. The minimum Gasteiger partial charge on any atom is -0.349 e. The largest absolute Gasteiger partial charge is 0.349 e. The molecule has 0 bridgehead atoms. The molecule has 1 atom stereocenters. The number of amides is 1. The fourth-order valence-corrected chi connectivity index (χ4v) is 3.91. The maximum atomic E-state index is 12.6. The number of piperazine rings is 1. The molecule has 0 radical (unpaired) electrons. The Bertz CT molecular complexity index is 727. The van der Waals surface area contributed by atoms with Gasteiger partial charge >= 0.3 is 0 Å². The molecule has 6 nitrogen and oxygen atoms in total. The highest BCUT2D eigenvalue weighted by atomic mass is 32.1. The molecule has 134 valence electrons. The SMILES string of the molecule is Cc1ccc(N2CCN(C(=O)Cc3cnc(C(C)C)s3)C[C@H]2C)nn1. The van der Waals surface area contributed by atoms with Crippen molar-refractivity contribution in [1.82, 2.24) is 20.1 Å². The standard InChI is InChI=1S/C18H25N5OS/c1-12(2)18-19-10-15(25-18)9-17(24)22-7-8-23(14(4)11-22)16-6-5-13(3)20-21-16/h5-6,10,12,14H,7-9,11H2,1-4H3/t14-/m1/s1. The highest BCUT2D eigenvalue weighted by Gasteiger charge is 2.28. The Hall–Kier alpha value is -2.02. The third-order valence-corrected chi connectivity index (χ3v) is 5.75. The zero-order valence-electron chi connectivity index (χ0n) is 15.3. The van der Waals surface area contributed by atoms with Gasteiger partial charge in [0, 0.05) is 42.7 Å². The molecule has 3 rings (SSSR count). The fraction of sp³-hybridized carbons (Fsp3) is 0.556. The van der Waals surface area contributed by atoms with E-state index in [-0.39, 0.29) is 11.9 Å². The van der Waals surface area contributed by atoms with Gasteiger partial charge in [0.05, 0.1) is 17.1 Å². The summed E-state index contributed by atoms with van der Waals surface area (Å²) in [5.41, 5.74) is 0.913. The van der Waals surface area contributed by atoms with Gasteiger partial charge < -0.3 is 9.80 Å². The Morgan fingerprint density at radius 2 is 2.12 bits per heavy atom. The first-order valence-electron chi connectivity index (χ1n) is 8.73. The van der Waals surface area contributed by atoms with Gasteiger partial charge in [-0.1, -0.05) is 13.8 Å². The van der Waals surface area contributed by atoms with Crippen molar-refractivity contribution in [3.05, 3.63) is 33.9 Å². The summed E-state index contributed by atoms with van der Waals surface area (Å²) in [5.74, 6) is 1.47. The van der Waals surface area contributed by atoms with E-state index < -0.39 is 0 Å². The molecule has 2 aromatic heterocycles. The van der Waals surface area contributed by atoms with Crippen molar-refractivity contribution in [2.75, 3.05) is 24.5 Å². The molecule has 0 spiro atoms. The molecule has 1 saturated heterocycles. The number of aryl methyl sites for hydroxylation is 1. The molecule has 0 aliphatic carbocycles. The number of rotatable bonds is 4. The summed E-state index contributed by atoms with van der Waals surface area (Å²) < 4.78 is 0. The lowest BCUT2D eigenvalue weighted by molar-refractivity contribution is -0.131. The predicted octanol–water partition coefficient (Wildman–Crippen LogP) is 2.64. The van der Waals surface area contributed by atoms with Gasteiger partial charge in [-0.05, 0) is 26.0 Å². The smallest absolute Gasteiger partial charge is 0.228 e. The van der Waals surface area contributed by atoms with Gasteiger partial charge in [-0.3, -0.25) is 4.79 Å². The first-order valence-corrected chi connectivity index (χ1v) is 9.55. The first-order chi connectivity index (χ1) is 11.9. The Labute approximate surface area is 152 Å². The van der Waals surface area contributed by atoms with Crippen molar-refractivity contribution in [3.63, 3.8) is 0 Å². The normalized spacial score (nSPS) is 18.0. The molecule has 0 aromatic carbocycles. The average molecular weight is 359 g/mol. The molecule has 0 saturated carbocycles. The van der Waals surface area contributed by atoms with Gasteiger partial charge in [-0.15, -0.1) is 16.4 Å². The lowest BCUT2D eigenvalue weighted by atomic mass is 10.1. The highest BCUT2D eigenvalue weighted by molar-refractivity contribution is 7.11. The van der Waals surface area contributed by atoms with E-state index in [4.69, 9.17) is 0 Å². The predicted molar refractivity (Wildman–Crippen MR) is 100 cm³/mol. The molecule has 2 aromatic rings. The minimum atomic E-state index is 0.181. The van der Waals surface area contributed by atoms with Gasteiger partial charge in [-0.2, -0.15) is 5.10 Å². The summed E-state index contributed by atoms with van der Waals surface area (Å²) in [6.45, 7) is 10.5. The minimum absolute atomic E-state index is 0.181. The van der Waals surface area contributed by atoms with E-state index in [1.54, 1.807) is 11.3 Å². The summed E-state index contributed by atoms with van der Waals surface area (Å²) in [4.78, 5) is 22.3. The van der Waals surface area contributed by atoms with Crippen molar-refractivity contribution in [1.29, 1.82) is 0 Å². The lowest BCUT2D eigenvalue weighted by Gasteiger charge is -2.40. The molecule has 7 heteroatoms. The second-order valence-electron chi connectivity index (χ2n) is 6.91. The van der Waals surface area contributed by atoms with E-state index in [0.29, 0.717) is 25.4 Å². The summed E-state index contributed by atoms with van der Waals surface area (Å²) in [6, 6.07) is 4.20. The van der Waals surface area contributed by atoms with Gasteiger partial charge in [0.1, 0.15) is 0 Å². The van der Waals surface area contributed by atoms with Crippen molar-refractivity contribution in [2.24, 2.45) is 0 Å². The number of aromatic nitrogens is 3. The fourth-order valence-electron chi connectivity index (χ4n) is 3.00. The van der Waals surface area contributed by atoms with Crippen LogP contribution in [-0.4, -0.2) is 51.7 Å². The van der Waals surface area contributed by atoms with Crippen molar-refractivity contribution in [2.45, 2.75) is 46.1 Å². The number of hydrogen-bond donors (Lipinski definition) is 0. The van der Waals surface area contributed by atoms with Crippen LogP contribution >= 0.6 is 11.3 Å². The third-order valence-electron chi connectivity index (χ3n) is 4.45. The van der Waals surface area contributed by atoms with E-state index in [9.17, 15) is 4.79 Å². The molecular formula is C18H25N5OS. The van der Waals surface area contributed by atoms with Crippen LogP contribution in [0.25, 0.3) is 0 Å². The van der Waals surface area contributed by atoms with Gasteiger partial charge in [0.25, 0.3) is 0 Å². The zero-order chi connectivity index (χ0) is 18.0. The summed E-state index contributed by atoms with van der Waals surface area (Å²) >= 11 is 1.65. The average Bonchev–Trinajstić information content (AvgIpc) is 3.04. The quantitative estimate of drug-likeness (QED) is 0.840. The Morgan fingerprint density at radius 1 is 1.32 bits per heavy atom. The van der Waals surface area contributed by atoms with Crippen molar-refractivity contribution >= 4 is 23.1 Å².